The highest BCUT2D eigenvalue weighted by molar-refractivity contribution is 6.30. The number of anilines is 1. The molecule has 2 bridgehead atoms. The minimum atomic E-state index is -1.12. The van der Waals surface area contributed by atoms with Gasteiger partial charge in [-0.05, 0) is 43.2 Å². The molecule has 2 amide bonds. The van der Waals surface area contributed by atoms with Gasteiger partial charge in [0.2, 0.25) is 5.91 Å². The van der Waals surface area contributed by atoms with Gasteiger partial charge in [-0.2, -0.15) is 0 Å². The first kappa shape index (κ1) is 18.7. The van der Waals surface area contributed by atoms with Gasteiger partial charge in [-0.25, -0.2) is 4.39 Å². The summed E-state index contributed by atoms with van der Waals surface area (Å²) < 4.78 is 14.0. The molecule has 3 fully saturated rings. The van der Waals surface area contributed by atoms with Crippen LogP contribution in [0.4, 0.5) is 10.1 Å². The third-order valence-electron chi connectivity index (χ3n) is 5.41. The van der Waals surface area contributed by atoms with Gasteiger partial charge in [0.05, 0.1) is 6.42 Å². The largest absolute Gasteiger partial charge is 0.508 e. The minimum absolute atomic E-state index is 0.0189. The number of alkyl halides is 1. The van der Waals surface area contributed by atoms with E-state index in [-0.39, 0.29) is 29.7 Å². The van der Waals surface area contributed by atoms with Crippen LogP contribution >= 0.6 is 11.6 Å². The molecule has 0 saturated heterocycles. The molecule has 8 heteroatoms. The smallest absolute Gasteiger partial charge is 0.270 e. The Hall–Kier alpha value is -2.67. The highest BCUT2D eigenvalue weighted by atomic mass is 35.5. The molecule has 3 aliphatic rings. The number of phenols is 1. The van der Waals surface area contributed by atoms with Crippen LogP contribution in [-0.4, -0.2) is 33.1 Å². The first-order chi connectivity index (χ1) is 13.3. The van der Waals surface area contributed by atoms with Crippen molar-refractivity contribution < 1.29 is 19.1 Å². The maximum atomic E-state index is 14.0. The van der Waals surface area contributed by atoms with E-state index in [2.05, 4.69) is 15.6 Å². The number of pyridine rings is 1. The molecule has 28 heavy (non-hydrogen) atoms. The molecule has 1 aromatic heterocycles. The number of amides is 2. The van der Waals surface area contributed by atoms with Gasteiger partial charge in [0, 0.05) is 40.9 Å². The molecule has 3 saturated carbocycles. The molecule has 6 nitrogen and oxygen atoms in total. The van der Waals surface area contributed by atoms with E-state index in [9.17, 15) is 19.1 Å². The van der Waals surface area contributed by atoms with Crippen LogP contribution in [0.5, 0.6) is 5.75 Å². The zero-order valence-electron chi connectivity index (χ0n) is 15.0. The van der Waals surface area contributed by atoms with Crippen molar-refractivity contribution in [2.24, 2.45) is 0 Å². The van der Waals surface area contributed by atoms with E-state index >= 15 is 0 Å². The molecule has 146 valence electrons. The van der Waals surface area contributed by atoms with Gasteiger partial charge in [0.1, 0.15) is 17.1 Å². The highest BCUT2D eigenvalue weighted by Crippen LogP contribution is 2.57. The van der Waals surface area contributed by atoms with Gasteiger partial charge >= 0.3 is 0 Å². The van der Waals surface area contributed by atoms with E-state index in [1.54, 1.807) is 6.07 Å². The molecule has 2 aromatic rings. The lowest BCUT2D eigenvalue weighted by molar-refractivity contribution is -0.115. The average molecular weight is 404 g/mol. The van der Waals surface area contributed by atoms with Crippen molar-refractivity contribution in [3.8, 4) is 5.75 Å². The fourth-order valence-corrected chi connectivity index (χ4v) is 4.33. The molecule has 0 atom stereocenters. The number of benzene rings is 1. The maximum Gasteiger partial charge on any atom is 0.270 e. The third kappa shape index (κ3) is 3.67. The summed E-state index contributed by atoms with van der Waals surface area (Å²) in [6, 6.07) is 7.51. The number of rotatable bonds is 5. The first-order valence-corrected chi connectivity index (χ1v) is 9.39. The number of carbonyl (C=O) groups is 2. The molecule has 0 aliphatic heterocycles. The molecule has 3 N–H and O–H groups in total. The zero-order valence-corrected chi connectivity index (χ0v) is 15.7. The van der Waals surface area contributed by atoms with Gasteiger partial charge in [-0.1, -0.05) is 11.6 Å². The number of nitrogens with one attached hydrogen (secondary N) is 2. The Labute approximate surface area is 166 Å². The maximum absolute atomic E-state index is 14.0. The van der Waals surface area contributed by atoms with Crippen LogP contribution in [-0.2, 0) is 11.2 Å². The summed E-state index contributed by atoms with van der Waals surface area (Å²) in [5.41, 5.74) is -0.624. The average Bonchev–Trinajstić information content (AvgIpc) is 3.11. The lowest BCUT2D eigenvalue weighted by Crippen LogP contribution is -2.57. The van der Waals surface area contributed by atoms with Crippen LogP contribution in [0.3, 0.4) is 0 Å². The molecule has 0 unspecified atom stereocenters. The number of aromatic nitrogens is 1. The van der Waals surface area contributed by atoms with Crippen LogP contribution in [0.25, 0.3) is 0 Å². The minimum Gasteiger partial charge on any atom is -0.508 e. The Bertz CT molecular complexity index is 959. The molecule has 1 aromatic carbocycles. The van der Waals surface area contributed by atoms with Crippen molar-refractivity contribution >= 4 is 29.1 Å². The Kier molecular flexibility index (Phi) is 4.50. The van der Waals surface area contributed by atoms with E-state index < -0.39 is 11.2 Å². The molecule has 3 aliphatic carbocycles. The topological polar surface area (TPSA) is 91.3 Å². The summed E-state index contributed by atoms with van der Waals surface area (Å²) in [7, 11) is 0. The zero-order chi connectivity index (χ0) is 19.9. The third-order valence-corrected chi connectivity index (χ3v) is 5.64. The van der Waals surface area contributed by atoms with Crippen LogP contribution in [0.1, 0.15) is 41.7 Å². The number of hydrogen-bond donors (Lipinski definition) is 3. The first-order valence-electron chi connectivity index (χ1n) is 9.01. The van der Waals surface area contributed by atoms with Crippen molar-refractivity contribution in [3.05, 3.63) is 52.8 Å². The molecule has 0 spiro atoms. The van der Waals surface area contributed by atoms with Crippen LogP contribution < -0.4 is 10.6 Å². The second-order valence-electron chi connectivity index (χ2n) is 7.67. The molecular formula is C20H19ClFN3O3. The van der Waals surface area contributed by atoms with E-state index in [1.807, 2.05) is 0 Å². The number of halogens is 2. The van der Waals surface area contributed by atoms with Crippen LogP contribution in [0.2, 0.25) is 5.02 Å². The van der Waals surface area contributed by atoms with Gasteiger partial charge in [0.15, 0.2) is 0 Å². The molecule has 5 rings (SSSR count). The van der Waals surface area contributed by atoms with Crippen molar-refractivity contribution in [2.75, 3.05) is 5.32 Å². The normalized spacial score (nSPS) is 25.1. The predicted molar refractivity (Wildman–Crippen MR) is 102 cm³/mol. The summed E-state index contributed by atoms with van der Waals surface area (Å²) in [4.78, 5) is 28.8. The fourth-order valence-electron chi connectivity index (χ4n) is 4.14. The Balaban J connectivity index is 1.40. The van der Waals surface area contributed by atoms with Crippen molar-refractivity contribution in [1.82, 2.24) is 10.3 Å². The quantitative estimate of drug-likeness (QED) is 0.713. The molecular weight excluding hydrogens is 385 g/mol. The number of aromatic hydroxyl groups is 1. The second kappa shape index (κ2) is 6.74. The van der Waals surface area contributed by atoms with Gasteiger partial charge < -0.3 is 15.7 Å². The predicted octanol–water partition coefficient (Wildman–Crippen LogP) is 3.39. The van der Waals surface area contributed by atoms with E-state index in [0.717, 1.165) is 0 Å². The number of hydrogen-bond acceptors (Lipinski definition) is 4. The number of fused-ring (bicyclic) bond motifs is 1. The Morgan fingerprint density at radius 3 is 2.71 bits per heavy atom. The Morgan fingerprint density at radius 1 is 1.21 bits per heavy atom. The SMILES string of the molecule is O=C(Cc1cc(Cl)ccc1O)Nc1ccnc(C(=O)NC23CCC(F)(C2)C3)c1. The second-order valence-corrected chi connectivity index (χ2v) is 8.10. The van der Waals surface area contributed by atoms with Crippen molar-refractivity contribution in [3.63, 3.8) is 0 Å². The summed E-state index contributed by atoms with van der Waals surface area (Å²) in [5, 5.41) is 15.8. The summed E-state index contributed by atoms with van der Waals surface area (Å²) in [6.07, 6.45) is 3.17. The molecule has 0 radical (unpaired) electrons. The van der Waals surface area contributed by atoms with Gasteiger partial charge in [-0.15, -0.1) is 0 Å². The highest BCUT2D eigenvalue weighted by Gasteiger charge is 2.62. The van der Waals surface area contributed by atoms with E-state index in [1.165, 1.54) is 30.5 Å². The van der Waals surface area contributed by atoms with Crippen molar-refractivity contribution in [1.29, 1.82) is 0 Å². The van der Waals surface area contributed by atoms with Gasteiger partial charge in [-0.3, -0.25) is 14.6 Å². The number of carbonyl (C=O) groups excluding carboxylic acids is 2. The summed E-state index contributed by atoms with van der Waals surface area (Å²) >= 11 is 5.89. The van der Waals surface area contributed by atoms with Crippen LogP contribution in [0, 0.1) is 0 Å². The Morgan fingerprint density at radius 2 is 2.00 bits per heavy atom. The molecule has 1 heterocycles. The van der Waals surface area contributed by atoms with Crippen LogP contribution in [0.15, 0.2) is 36.5 Å². The van der Waals surface area contributed by atoms with E-state index in [0.29, 0.717) is 42.0 Å². The standard InChI is InChI=1S/C20H19ClFN3O3/c21-13-1-2-16(26)12(7-13)8-17(27)24-14-3-6-23-15(9-14)18(28)25-20-5-4-19(22,10-20)11-20/h1-3,6-7,9,26H,4-5,8,10-11H2,(H,25,28)(H,23,24,27). The fraction of sp³-hybridized carbons (Fsp3) is 0.350. The lowest BCUT2D eigenvalue weighted by Gasteiger charge is -2.42. The van der Waals surface area contributed by atoms with E-state index in [4.69, 9.17) is 11.6 Å². The van der Waals surface area contributed by atoms with Crippen molar-refractivity contribution in [2.45, 2.75) is 43.3 Å². The van der Waals surface area contributed by atoms with Gasteiger partial charge in [0.25, 0.3) is 5.91 Å². The summed E-state index contributed by atoms with van der Waals surface area (Å²) in [6.45, 7) is 0. The lowest BCUT2D eigenvalue weighted by atomic mass is 9.75. The number of nitrogens with zero attached hydrogens (tertiary/aromatic N) is 1. The monoisotopic (exact) mass is 403 g/mol. The summed E-state index contributed by atoms with van der Waals surface area (Å²) in [5.74, 6) is -0.771. The number of phenolic OH excluding ortho intramolecular Hbond substituents is 1.